The van der Waals surface area contributed by atoms with Crippen LogP contribution in [0.2, 0.25) is 39.3 Å². The number of rotatable bonds is 20. The summed E-state index contributed by atoms with van der Waals surface area (Å²) in [6.07, 6.45) is 16.1. The number of aryl methyl sites for hydroxylation is 2. The van der Waals surface area contributed by atoms with Crippen molar-refractivity contribution in [2.75, 3.05) is 0 Å². The van der Waals surface area contributed by atoms with Gasteiger partial charge in [-0.3, -0.25) is 0 Å². The highest BCUT2D eigenvalue weighted by molar-refractivity contribution is 6.84. The zero-order valence-corrected chi connectivity index (χ0v) is 50.5. The van der Waals surface area contributed by atoms with E-state index >= 15 is 0 Å². The zero-order valence-electron chi connectivity index (χ0n) is 48.5. The fraction of sp³-hybridized carbons (Fsp3) is 0.297. The molecule has 6 heteroatoms. The maximum Gasteiger partial charge on any atom is 0.336 e. The van der Waals surface area contributed by atoms with Crippen molar-refractivity contribution in [3.05, 3.63) is 201 Å². The minimum atomic E-state index is -1.54. The van der Waals surface area contributed by atoms with Gasteiger partial charge in [0, 0.05) is 33.4 Å². The van der Waals surface area contributed by atoms with Crippen molar-refractivity contribution in [3.8, 4) is 91.1 Å². The first-order valence-electron chi connectivity index (χ1n) is 28.9. The summed E-state index contributed by atoms with van der Waals surface area (Å²) in [5.41, 5.74) is 21.3. The molecule has 4 nitrogen and oxygen atoms in total. The van der Waals surface area contributed by atoms with Crippen LogP contribution in [0, 0.1) is 46.6 Å². The molecule has 0 aliphatic rings. The number of aromatic carboxylic acids is 2. The van der Waals surface area contributed by atoms with Gasteiger partial charge in [0.25, 0.3) is 0 Å². The van der Waals surface area contributed by atoms with E-state index in [-0.39, 0.29) is 11.1 Å². The molecular weight excluding hydrogens is 1010 g/mol. The van der Waals surface area contributed by atoms with Crippen LogP contribution < -0.4 is 0 Å². The molecule has 0 bridgehead atoms. The van der Waals surface area contributed by atoms with Crippen LogP contribution in [0.25, 0.3) is 44.5 Å². The maximum absolute atomic E-state index is 13.0. The Kier molecular flexibility index (Phi) is 21.6. The lowest BCUT2D eigenvalue weighted by molar-refractivity contribution is 0.0687. The summed E-state index contributed by atoms with van der Waals surface area (Å²) >= 11 is 0. The van der Waals surface area contributed by atoms with Crippen molar-refractivity contribution in [1.82, 2.24) is 0 Å². The predicted molar refractivity (Wildman–Crippen MR) is 342 cm³/mol. The summed E-state index contributed by atoms with van der Waals surface area (Å²) in [4.78, 5) is 25.9. The quantitative estimate of drug-likeness (QED) is 0.0453. The van der Waals surface area contributed by atoms with Gasteiger partial charge in [-0.1, -0.05) is 238 Å². The zero-order chi connectivity index (χ0) is 57.1. The first-order chi connectivity index (χ1) is 38.5. The van der Waals surface area contributed by atoms with E-state index in [1.807, 2.05) is 133 Å². The number of hydrogen-bond donors (Lipinski definition) is 2. The summed E-state index contributed by atoms with van der Waals surface area (Å²) in [5.74, 6) is 18.9. The minimum Gasteiger partial charge on any atom is -0.478 e. The molecule has 0 saturated carbocycles. The van der Waals surface area contributed by atoms with Crippen LogP contribution in [-0.4, -0.2) is 38.3 Å². The normalized spacial score (nSPS) is 11.0. The molecule has 0 aliphatic carbocycles. The van der Waals surface area contributed by atoms with E-state index in [4.69, 9.17) is 0 Å². The Morgan fingerprint density at radius 3 is 0.912 bits per heavy atom. The first kappa shape index (κ1) is 59.8. The van der Waals surface area contributed by atoms with Crippen LogP contribution in [0.1, 0.15) is 156 Å². The van der Waals surface area contributed by atoms with Crippen molar-refractivity contribution in [2.45, 2.75) is 143 Å². The standard InChI is InChI=1S/C74H78O4Si2/c1-9-11-13-15-17-19-23-63-53-66(48-38-56-31-41-60(42-32-56)68-26-22-28-70(72(68)74(77)78)62-45-35-58(36-46-62)50-52-80(6,7)8)64(24-20-18-16-14-12-10-2)54-65(63)47-37-55-29-39-59(40-30-55)67-25-21-27-69(71(67)73(75)76)61-43-33-57(34-44-61)49-51-79(3,4)5/h21-22,25-36,39-46,53-54H,9-20,23-24H2,1-8H3,(H,75,76)(H,77,78). The van der Waals surface area contributed by atoms with Gasteiger partial charge in [0.15, 0.2) is 0 Å². The van der Waals surface area contributed by atoms with E-state index in [0.717, 1.165) is 94.2 Å². The van der Waals surface area contributed by atoms with Crippen LogP contribution in [0.15, 0.2) is 146 Å². The van der Waals surface area contributed by atoms with Crippen molar-refractivity contribution in [2.24, 2.45) is 0 Å². The third-order valence-electron chi connectivity index (χ3n) is 14.1. The van der Waals surface area contributed by atoms with Crippen molar-refractivity contribution in [3.63, 3.8) is 0 Å². The lowest BCUT2D eigenvalue weighted by Crippen LogP contribution is -2.16. The molecule has 0 saturated heterocycles. The molecule has 80 heavy (non-hydrogen) atoms. The molecule has 0 unspecified atom stereocenters. The fourth-order valence-corrected chi connectivity index (χ4v) is 10.8. The Morgan fingerprint density at radius 1 is 0.362 bits per heavy atom. The predicted octanol–water partition coefficient (Wildman–Crippen LogP) is 18.8. The highest BCUT2D eigenvalue weighted by Crippen LogP contribution is 2.35. The summed E-state index contributed by atoms with van der Waals surface area (Å²) in [7, 11) is -3.08. The van der Waals surface area contributed by atoms with Gasteiger partial charge >= 0.3 is 11.9 Å². The Hall–Kier alpha value is -7.85. The molecule has 0 aliphatic heterocycles. The molecular formula is C74H78O4Si2. The number of hydrogen-bond acceptors (Lipinski definition) is 2. The van der Waals surface area contributed by atoms with E-state index < -0.39 is 28.1 Å². The van der Waals surface area contributed by atoms with Crippen LogP contribution in [0.4, 0.5) is 0 Å². The van der Waals surface area contributed by atoms with E-state index in [0.29, 0.717) is 22.3 Å². The van der Waals surface area contributed by atoms with Gasteiger partial charge in [-0.2, -0.15) is 0 Å². The summed E-state index contributed by atoms with van der Waals surface area (Å²) in [6.45, 7) is 17.8. The summed E-state index contributed by atoms with van der Waals surface area (Å²) < 4.78 is 0. The largest absolute Gasteiger partial charge is 0.478 e. The van der Waals surface area contributed by atoms with Gasteiger partial charge in [0.05, 0.1) is 11.1 Å². The van der Waals surface area contributed by atoms with Gasteiger partial charge < -0.3 is 10.2 Å². The second-order valence-corrected chi connectivity index (χ2v) is 32.6. The number of benzene rings is 7. The van der Waals surface area contributed by atoms with Gasteiger partial charge in [0.1, 0.15) is 16.1 Å². The lowest BCUT2D eigenvalue weighted by atomic mass is 9.91. The van der Waals surface area contributed by atoms with E-state index in [2.05, 4.69) is 112 Å². The molecule has 7 rings (SSSR count). The summed E-state index contributed by atoms with van der Waals surface area (Å²) in [5, 5.41) is 21.2. The molecule has 0 fully saturated rings. The second kappa shape index (κ2) is 28.9. The Balaban J connectivity index is 1.19. The van der Waals surface area contributed by atoms with Gasteiger partial charge in [-0.15, -0.1) is 11.1 Å². The molecule has 0 amide bonds. The van der Waals surface area contributed by atoms with Crippen LogP contribution in [-0.2, 0) is 12.8 Å². The molecule has 7 aromatic carbocycles. The average molecular weight is 1090 g/mol. The number of carboxylic acids is 2. The molecule has 0 aromatic heterocycles. The summed E-state index contributed by atoms with van der Waals surface area (Å²) in [6, 6.07) is 47.6. The Bertz CT molecular complexity index is 3290. The minimum absolute atomic E-state index is 0.266. The Labute approximate surface area is 480 Å². The van der Waals surface area contributed by atoms with Gasteiger partial charge in [-0.05, 0) is 142 Å². The molecule has 7 aromatic rings. The third kappa shape index (κ3) is 17.6. The number of carbonyl (C=O) groups is 2. The smallest absolute Gasteiger partial charge is 0.336 e. The van der Waals surface area contributed by atoms with Gasteiger partial charge in [0.2, 0.25) is 0 Å². The topological polar surface area (TPSA) is 74.6 Å². The second-order valence-electron chi connectivity index (χ2n) is 23.1. The van der Waals surface area contributed by atoms with Gasteiger partial charge in [-0.25, -0.2) is 9.59 Å². The third-order valence-corrected chi connectivity index (χ3v) is 15.9. The molecule has 0 heterocycles. The van der Waals surface area contributed by atoms with Crippen LogP contribution in [0.5, 0.6) is 0 Å². The molecule has 2 N–H and O–H groups in total. The average Bonchev–Trinajstić information content (AvgIpc) is 3.44. The molecule has 0 atom stereocenters. The Morgan fingerprint density at radius 2 is 0.637 bits per heavy atom. The first-order valence-corrected chi connectivity index (χ1v) is 35.9. The van der Waals surface area contributed by atoms with Crippen LogP contribution in [0.3, 0.4) is 0 Å². The van der Waals surface area contributed by atoms with E-state index in [1.165, 1.54) is 62.5 Å². The molecule has 0 spiro atoms. The molecule has 0 radical (unpaired) electrons. The van der Waals surface area contributed by atoms with E-state index in [9.17, 15) is 19.8 Å². The van der Waals surface area contributed by atoms with Crippen molar-refractivity contribution >= 4 is 28.1 Å². The number of carboxylic acid groups (broad SMARTS) is 2. The SMILES string of the molecule is CCCCCCCCc1cc(C#Cc2ccc(-c3cccc(-c4ccc(C#C[Si](C)(C)C)cc4)c3C(=O)O)cc2)c(CCCCCCCC)cc1C#Cc1ccc(-c2cccc(-c3ccc(C#C[Si](C)(C)C)cc3)c2C(=O)O)cc1. The number of unbranched alkanes of at least 4 members (excludes halogenated alkanes) is 10. The molecule has 406 valence electrons. The lowest BCUT2D eigenvalue weighted by Gasteiger charge is -2.13. The van der Waals surface area contributed by atoms with Crippen molar-refractivity contribution < 1.29 is 19.8 Å². The van der Waals surface area contributed by atoms with E-state index in [1.54, 1.807) is 0 Å². The van der Waals surface area contributed by atoms with Crippen LogP contribution >= 0.6 is 0 Å². The van der Waals surface area contributed by atoms with Crippen molar-refractivity contribution in [1.29, 1.82) is 0 Å². The highest BCUT2D eigenvalue weighted by Gasteiger charge is 2.20. The maximum atomic E-state index is 13.0. The highest BCUT2D eigenvalue weighted by atomic mass is 28.3. The fourth-order valence-electron chi connectivity index (χ4n) is 9.79. The monoisotopic (exact) mass is 1090 g/mol.